The van der Waals surface area contributed by atoms with E-state index in [9.17, 15) is 0 Å². The number of hydrogen-bond donors (Lipinski definition) is 0. The molecule has 0 saturated heterocycles. The van der Waals surface area contributed by atoms with Crippen LogP contribution in [0.2, 0.25) is 0 Å². The summed E-state index contributed by atoms with van der Waals surface area (Å²) in [6.45, 7) is 0. The zero-order chi connectivity index (χ0) is 27.6. The van der Waals surface area contributed by atoms with E-state index in [4.69, 9.17) is 19.4 Å². The Morgan fingerprint density at radius 2 is 1.21 bits per heavy atom. The zero-order valence-corrected chi connectivity index (χ0v) is 22.1. The Balaban J connectivity index is 1.44. The molecule has 4 heterocycles. The summed E-state index contributed by atoms with van der Waals surface area (Å²) in [5, 5.41) is 4.05. The fourth-order valence-corrected chi connectivity index (χ4v) is 5.91. The Morgan fingerprint density at radius 1 is 0.548 bits per heavy atom. The van der Waals surface area contributed by atoms with Gasteiger partial charge in [-0.15, -0.1) is 0 Å². The molecule has 0 saturated carbocycles. The maximum Gasteiger partial charge on any atom is 0.238 e. The second-order valence-electron chi connectivity index (χ2n) is 10.2. The summed E-state index contributed by atoms with van der Waals surface area (Å²) in [4.78, 5) is 24.2. The van der Waals surface area contributed by atoms with E-state index < -0.39 is 0 Å². The number of para-hydroxylation sites is 1. The van der Waals surface area contributed by atoms with Gasteiger partial charge in [0, 0.05) is 39.7 Å². The third-order valence-electron chi connectivity index (χ3n) is 7.76. The summed E-state index contributed by atoms with van der Waals surface area (Å²) in [5.41, 5.74) is 6.85. The van der Waals surface area contributed by atoms with E-state index in [0.29, 0.717) is 17.6 Å². The first-order valence-corrected chi connectivity index (χ1v) is 13.7. The van der Waals surface area contributed by atoms with Crippen molar-refractivity contribution in [1.29, 1.82) is 0 Å². The van der Waals surface area contributed by atoms with Crippen LogP contribution in [-0.2, 0) is 0 Å². The van der Waals surface area contributed by atoms with Crippen LogP contribution >= 0.6 is 0 Å². The predicted octanol–water partition coefficient (Wildman–Crippen LogP) is 8.15. The van der Waals surface area contributed by atoms with E-state index in [2.05, 4.69) is 44.9 Å². The summed E-state index contributed by atoms with van der Waals surface area (Å²) in [7, 11) is 0. The second-order valence-corrected chi connectivity index (χ2v) is 10.2. The summed E-state index contributed by atoms with van der Waals surface area (Å²) < 4.78 is 8.74. The highest BCUT2D eigenvalue weighted by atomic mass is 16.3. The van der Waals surface area contributed by atoms with E-state index in [1.54, 1.807) is 12.4 Å². The van der Waals surface area contributed by atoms with E-state index in [1.165, 1.54) is 0 Å². The fraction of sp³-hybridized carbons (Fsp3) is 0. The lowest BCUT2D eigenvalue weighted by atomic mass is 10.1. The Kier molecular flexibility index (Phi) is 4.77. The van der Waals surface area contributed by atoms with Gasteiger partial charge < -0.3 is 4.42 Å². The van der Waals surface area contributed by atoms with E-state index in [0.717, 1.165) is 65.9 Å². The van der Waals surface area contributed by atoms with Crippen molar-refractivity contribution in [3.8, 4) is 28.7 Å². The molecule has 4 aromatic heterocycles. The van der Waals surface area contributed by atoms with Crippen LogP contribution in [0.3, 0.4) is 0 Å². The van der Waals surface area contributed by atoms with Gasteiger partial charge >= 0.3 is 0 Å². The van der Waals surface area contributed by atoms with Gasteiger partial charge in [-0.05, 0) is 24.3 Å². The second kappa shape index (κ2) is 8.78. The van der Waals surface area contributed by atoms with Gasteiger partial charge in [0.25, 0.3) is 0 Å². The normalized spacial score (nSPS) is 11.8. The number of benzene rings is 5. The van der Waals surface area contributed by atoms with Gasteiger partial charge in [-0.25, -0.2) is 4.98 Å². The molecule has 196 valence electrons. The van der Waals surface area contributed by atoms with Crippen LogP contribution in [0.4, 0.5) is 0 Å². The molecule has 7 heteroatoms. The van der Waals surface area contributed by atoms with E-state index >= 15 is 0 Å². The van der Waals surface area contributed by atoms with Crippen LogP contribution in [-0.4, -0.2) is 29.5 Å². The number of rotatable bonds is 3. The molecule has 7 nitrogen and oxygen atoms in total. The van der Waals surface area contributed by atoms with Crippen molar-refractivity contribution in [1.82, 2.24) is 29.5 Å². The molecule has 9 rings (SSSR count). The third-order valence-corrected chi connectivity index (χ3v) is 7.76. The molecule has 0 unspecified atom stereocenters. The average Bonchev–Trinajstić information content (AvgIpc) is 3.62. The highest BCUT2D eigenvalue weighted by molar-refractivity contribution is 6.25. The molecule has 42 heavy (non-hydrogen) atoms. The number of furan rings is 1. The summed E-state index contributed by atoms with van der Waals surface area (Å²) >= 11 is 0. The molecule has 0 amide bonds. The van der Waals surface area contributed by atoms with Crippen LogP contribution in [0.5, 0.6) is 0 Å². The molecule has 0 N–H and O–H groups in total. The maximum absolute atomic E-state index is 6.64. The Labute approximate surface area is 238 Å². The maximum atomic E-state index is 6.64. The fourth-order valence-electron chi connectivity index (χ4n) is 5.91. The minimum atomic E-state index is 0.520. The van der Waals surface area contributed by atoms with Crippen LogP contribution in [0.15, 0.2) is 126 Å². The van der Waals surface area contributed by atoms with Gasteiger partial charge in [0.15, 0.2) is 17.2 Å². The molecule has 0 aliphatic rings. The van der Waals surface area contributed by atoms with Crippen molar-refractivity contribution in [2.45, 2.75) is 0 Å². The summed E-state index contributed by atoms with van der Waals surface area (Å²) in [6, 6.07) is 36.5. The van der Waals surface area contributed by atoms with Gasteiger partial charge in [0.05, 0.1) is 16.4 Å². The lowest BCUT2D eigenvalue weighted by Gasteiger charge is -2.11. The number of aromatic nitrogens is 6. The number of nitrogens with zero attached hydrogens (tertiary/aromatic N) is 6. The minimum Gasteiger partial charge on any atom is -0.454 e. The van der Waals surface area contributed by atoms with Crippen molar-refractivity contribution in [3.05, 3.63) is 122 Å². The Hall–Kier alpha value is -5.95. The SMILES string of the molecule is c1ccc(-c2nc(-c3ccccc3)nc(-n3c4ccccc4c4ccc5c(oc6ccc7nccnc7c65)c43)n2)cc1. The Morgan fingerprint density at radius 3 is 1.98 bits per heavy atom. The summed E-state index contributed by atoms with van der Waals surface area (Å²) in [5.74, 6) is 1.72. The van der Waals surface area contributed by atoms with Crippen molar-refractivity contribution >= 4 is 54.8 Å². The molecule has 0 radical (unpaired) electrons. The minimum absolute atomic E-state index is 0.520. The first kappa shape index (κ1) is 22.8. The molecule has 0 aliphatic carbocycles. The molecule has 5 aromatic carbocycles. The van der Waals surface area contributed by atoms with E-state index in [-0.39, 0.29) is 0 Å². The number of hydrogen-bond acceptors (Lipinski definition) is 6. The molecule has 0 fully saturated rings. The van der Waals surface area contributed by atoms with Crippen LogP contribution in [0, 0.1) is 0 Å². The molecular formula is C35H20N6O. The van der Waals surface area contributed by atoms with Crippen molar-refractivity contribution in [2.24, 2.45) is 0 Å². The summed E-state index contributed by atoms with van der Waals surface area (Å²) in [6.07, 6.45) is 3.43. The van der Waals surface area contributed by atoms with Gasteiger partial charge in [0.2, 0.25) is 5.95 Å². The predicted molar refractivity (Wildman–Crippen MR) is 165 cm³/mol. The van der Waals surface area contributed by atoms with Crippen molar-refractivity contribution in [2.75, 3.05) is 0 Å². The van der Waals surface area contributed by atoms with Gasteiger partial charge in [-0.2, -0.15) is 9.97 Å². The Bertz CT molecular complexity index is 2410. The molecule has 0 atom stereocenters. The molecule has 0 aliphatic heterocycles. The van der Waals surface area contributed by atoms with Gasteiger partial charge in [-0.3, -0.25) is 14.5 Å². The monoisotopic (exact) mass is 540 g/mol. The van der Waals surface area contributed by atoms with Gasteiger partial charge in [0.1, 0.15) is 16.6 Å². The van der Waals surface area contributed by atoms with Gasteiger partial charge in [-0.1, -0.05) is 84.9 Å². The van der Waals surface area contributed by atoms with Crippen LogP contribution in [0.25, 0.3) is 83.5 Å². The lowest BCUT2D eigenvalue weighted by molar-refractivity contribution is 0.671. The highest BCUT2D eigenvalue weighted by Crippen LogP contribution is 2.41. The van der Waals surface area contributed by atoms with Crippen LogP contribution in [0.1, 0.15) is 0 Å². The zero-order valence-electron chi connectivity index (χ0n) is 22.1. The van der Waals surface area contributed by atoms with E-state index in [1.807, 2.05) is 78.9 Å². The highest BCUT2D eigenvalue weighted by Gasteiger charge is 2.22. The smallest absolute Gasteiger partial charge is 0.238 e. The first-order valence-electron chi connectivity index (χ1n) is 13.7. The average molecular weight is 541 g/mol. The quantitative estimate of drug-likeness (QED) is 0.225. The largest absolute Gasteiger partial charge is 0.454 e. The standard InChI is InChI=1S/C35H20N6O/c1-3-9-21(10-4-1)33-38-34(22-11-5-2-6-12-22)40-35(39-33)41-27-14-8-7-13-23(27)24-15-16-25-29-28(42-32(25)31(24)41)18-17-26-30(29)37-20-19-36-26/h1-20H. The molecule has 0 spiro atoms. The topological polar surface area (TPSA) is 82.5 Å². The first-order chi connectivity index (χ1) is 20.8. The van der Waals surface area contributed by atoms with Crippen molar-refractivity contribution in [3.63, 3.8) is 0 Å². The molecular weight excluding hydrogens is 520 g/mol. The molecule has 9 aromatic rings. The lowest BCUT2D eigenvalue weighted by Crippen LogP contribution is -2.06. The molecule has 0 bridgehead atoms. The third kappa shape index (κ3) is 3.31. The van der Waals surface area contributed by atoms with Crippen LogP contribution < -0.4 is 0 Å². The number of fused-ring (bicyclic) bond motifs is 9. The van der Waals surface area contributed by atoms with Crippen molar-refractivity contribution < 1.29 is 4.42 Å².